The quantitative estimate of drug-likeness (QED) is 0.874. The molecule has 0 radical (unpaired) electrons. The second-order valence-corrected chi connectivity index (χ2v) is 7.50. The molecule has 3 nitrogen and oxygen atoms in total. The topological polar surface area (TPSA) is 49.3 Å². The Balaban J connectivity index is 1.69. The Labute approximate surface area is 118 Å². The minimum atomic E-state index is -0.297. The molecule has 19 heavy (non-hydrogen) atoms. The van der Waals surface area contributed by atoms with Crippen LogP contribution < -0.4 is 5.32 Å². The number of fused-ring (bicyclic) bond motifs is 1. The molecule has 3 rings (SSSR count). The fourth-order valence-corrected chi connectivity index (χ4v) is 4.14. The number of aryl methyl sites for hydroxylation is 2. The Morgan fingerprint density at radius 3 is 2.79 bits per heavy atom. The number of amides is 1. The zero-order chi connectivity index (χ0) is 13.6. The Hall–Kier alpha value is -0.870. The van der Waals surface area contributed by atoms with Gasteiger partial charge in [-0.15, -0.1) is 11.3 Å². The molecule has 2 unspecified atom stereocenters. The molecular weight excluding hydrogens is 258 g/mol. The highest BCUT2D eigenvalue weighted by atomic mass is 32.1. The maximum atomic E-state index is 12.3. The van der Waals surface area contributed by atoms with Crippen molar-refractivity contribution in [3.05, 3.63) is 21.4 Å². The van der Waals surface area contributed by atoms with Gasteiger partial charge in [-0.3, -0.25) is 4.79 Å². The minimum Gasteiger partial charge on any atom is -0.392 e. The van der Waals surface area contributed by atoms with Crippen molar-refractivity contribution < 1.29 is 9.90 Å². The predicted octanol–water partition coefficient (Wildman–Crippen LogP) is 2.52. The van der Waals surface area contributed by atoms with E-state index in [0.29, 0.717) is 6.42 Å². The third-order valence-electron chi connectivity index (χ3n) is 4.74. The first kappa shape index (κ1) is 13.1. The first-order chi connectivity index (χ1) is 8.98. The minimum absolute atomic E-state index is 0.0318. The Bertz CT molecular complexity index is 483. The van der Waals surface area contributed by atoms with E-state index >= 15 is 0 Å². The molecular formula is C15H21NO2S. The van der Waals surface area contributed by atoms with E-state index in [1.54, 1.807) is 11.3 Å². The van der Waals surface area contributed by atoms with Crippen LogP contribution in [0, 0.1) is 5.41 Å². The Morgan fingerprint density at radius 2 is 2.16 bits per heavy atom. The van der Waals surface area contributed by atoms with E-state index in [0.717, 1.165) is 17.7 Å². The van der Waals surface area contributed by atoms with Gasteiger partial charge in [-0.05, 0) is 43.7 Å². The van der Waals surface area contributed by atoms with Crippen molar-refractivity contribution in [3.63, 3.8) is 0 Å². The highest BCUT2D eigenvalue weighted by Crippen LogP contribution is 2.40. The van der Waals surface area contributed by atoms with Gasteiger partial charge in [-0.2, -0.15) is 0 Å². The van der Waals surface area contributed by atoms with Gasteiger partial charge in [0.15, 0.2) is 0 Å². The molecule has 1 aromatic rings. The van der Waals surface area contributed by atoms with Crippen molar-refractivity contribution in [3.8, 4) is 0 Å². The van der Waals surface area contributed by atoms with Crippen LogP contribution >= 0.6 is 11.3 Å². The number of carbonyl (C=O) groups is 1. The van der Waals surface area contributed by atoms with Crippen molar-refractivity contribution in [1.29, 1.82) is 0 Å². The lowest BCUT2D eigenvalue weighted by Gasteiger charge is -2.49. The number of aliphatic hydroxyl groups excluding tert-OH is 1. The van der Waals surface area contributed by atoms with Crippen LogP contribution in [0.25, 0.3) is 0 Å². The van der Waals surface area contributed by atoms with Gasteiger partial charge in [0.25, 0.3) is 5.91 Å². The fraction of sp³-hybridized carbons (Fsp3) is 0.667. The molecule has 2 atom stereocenters. The molecule has 1 saturated carbocycles. The van der Waals surface area contributed by atoms with Gasteiger partial charge in [-0.1, -0.05) is 13.8 Å². The second kappa shape index (κ2) is 4.60. The third-order valence-corrected chi connectivity index (χ3v) is 5.98. The van der Waals surface area contributed by atoms with Crippen molar-refractivity contribution in [2.45, 2.75) is 58.1 Å². The smallest absolute Gasteiger partial charge is 0.261 e. The fourth-order valence-electron chi connectivity index (χ4n) is 2.98. The number of rotatable bonds is 2. The molecule has 1 fully saturated rings. The molecule has 2 aliphatic carbocycles. The van der Waals surface area contributed by atoms with Crippen molar-refractivity contribution in [1.82, 2.24) is 5.32 Å². The summed E-state index contributed by atoms with van der Waals surface area (Å²) in [4.78, 5) is 14.5. The predicted molar refractivity (Wildman–Crippen MR) is 76.6 cm³/mol. The lowest BCUT2D eigenvalue weighted by Crippen LogP contribution is -2.61. The summed E-state index contributed by atoms with van der Waals surface area (Å²) in [7, 11) is 0. The van der Waals surface area contributed by atoms with E-state index in [9.17, 15) is 9.90 Å². The van der Waals surface area contributed by atoms with Gasteiger partial charge in [0, 0.05) is 16.3 Å². The van der Waals surface area contributed by atoms with Gasteiger partial charge in [0.1, 0.15) is 0 Å². The maximum Gasteiger partial charge on any atom is 0.261 e. The largest absolute Gasteiger partial charge is 0.392 e. The molecule has 2 aliphatic rings. The highest BCUT2D eigenvalue weighted by molar-refractivity contribution is 7.14. The third kappa shape index (κ3) is 2.21. The van der Waals surface area contributed by atoms with Gasteiger partial charge in [0.2, 0.25) is 0 Å². The molecule has 2 N–H and O–H groups in total. The Morgan fingerprint density at radius 1 is 1.42 bits per heavy atom. The first-order valence-electron chi connectivity index (χ1n) is 7.09. The molecule has 0 aliphatic heterocycles. The Kier molecular flexibility index (Phi) is 3.18. The number of thiophene rings is 1. The summed E-state index contributed by atoms with van der Waals surface area (Å²) in [6, 6.07) is 2.16. The van der Waals surface area contributed by atoms with Crippen LogP contribution in [0.5, 0.6) is 0 Å². The van der Waals surface area contributed by atoms with E-state index < -0.39 is 0 Å². The highest BCUT2D eigenvalue weighted by Gasteiger charge is 2.48. The van der Waals surface area contributed by atoms with Crippen LogP contribution in [0.4, 0.5) is 0 Å². The molecule has 0 aromatic carbocycles. The van der Waals surface area contributed by atoms with E-state index in [1.165, 1.54) is 23.3 Å². The zero-order valence-electron chi connectivity index (χ0n) is 11.5. The van der Waals surface area contributed by atoms with Crippen molar-refractivity contribution >= 4 is 17.2 Å². The van der Waals surface area contributed by atoms with Gasteiger partial charge in [-0.25, -0.2) is 0 Å². The standard InChI is InChI=1S/C15H21NO2S/c1-15(2)12(8-13(15)17)16-14(18)11-7-9-5-3-4-6-10(9)19-11/h7,12-13,17H,3-6,8H2,1-2H3,(H,16,18). The summed E-state index contributed by atoms with van der Waals surface area (Å²) in [5, 5.41) is 12.8. The van der Waals surface area contributed by atoms with Gasteiger partial charge in [0.05, 0.1) is 11.0 Å². The van der Waals surface area contributed by atoms with Crippen molar-refractivity contribution in [2.75, 3.05) is 0 Å². The van der Waals surface area contributed by atoms with Gasteiger partial charge < -0.3 is 10.4 Å². The summed E-state index contributed by atoms with van der Waals surface area (Å²) in [6.45, 7) is 4.01. The number of hydrogen-bond acceptors (Lipinski definition) is 3. The van der Waals surface area contributed by atoms with Crippen LogP contribution in [-0.2, 0) is 12.8 Å². The van der Waals surface area contributed by atoms with Crippen LogP contribution in [0.1, 0.15) is 53.2 Å². The molecule has 0 saturated heterocycles. The van der Waals surface area contributed by atoms with E-state index in [4.69, 9.17) is 0 Å². The van der Waals surface area contributed by atoms with E-state index in [1.807, 2.05) is 13.8 Å². The SMILES string of the molecule is CC1(C)C(O)CC1NC(=O)c1cc2c(s1)CCCC2. The number of carbonyl (C=O) groups excluding carboxylic acids is 1. The van der Waals surface area contributed by atoms with Crippen LogP contribution in [0.2, 0.25) is 0 Å². The lowest BCUT2D eigenvalue weighted by molar-refractivity contribution is -0.0689. The van der Waals surface area contributed by atoms with Crippen LogP contribution in [0.15, 0.2) is 6.07 Å². The average Bonchev–Trinajstić information content (AvgIpc) is 2.82. The molecule has 0 spiro atoms. The van der Waals surface area contributed by atoms with Crippen molar-refractivity contribution in [2.24, 2.45) is 5.41 Å². The average molecular weight is 279 g/mol. The molecule has 0 bridgehead atoms. The summed E-state index contributed by atoms with van der Waals surface area (Å²) in [5.74, 6) is 0.0318. The molecule has 1 aromatic heterocycles. The summed E-state index contributed by atoms with van der Waals surface area (Å²) < 4.78 is 0. The van der Waals surface area contributed by atoms with Crippen LogP contribution in [-0.4, -0.2) is 23.2 Å². The molecule has 1 amide bonds. The summed E-state index contributed by atoms with van der Waals surface area (Å²) in [6.07, 6.45) is 5.11. The molecule has 104 valence electrons. The normalized spacial score (nSPS) is 28.4. The molecule has 1 heterocycles. The maximum absolute atomic E-state index is 12.3. The number of nitrogens with one attached hydrogen (secondary N) is 1. The van der Waals surface area contributed by atoms with E-state index in [2.05, 4.69) is 11.4 Å². The first-order valence-corrected chi connectivity index (χ1v) is 7.90. The van der Waals surface area contributed by atoms with E-state index in [-0.39, 0.29) is 23.5 Å². The zero-order valence-corrected chi connectivity index (χ0v) is 12.3. The monoisotopic (exact) mass is 279 g/mol. The lowest BCUT2D eigenvalue weighted by atomic mass is 9.64. The number of hydrogen-bond donors (Lipinski definition) is 2. The summed E-state index contributed by atoms with van der Waals surface area (Å²) in [5.41, 5.74) is 1.17. The van der Waals surface area contributed by atoms with Crippen LogP contribution in [0.3, 0.4) is 0 Å². The summed E-state index contributed by atoms with van der Waals surface area (Å²) >= 11 is 1.65. The number of aliphatic hydroxyl groups is 1. The second-order valence-electron chi connectivity index (χ2n) is 6.37. The van der Waals surface area contributed by atoms with Gasteiger partial charge >= 0.3 is 0 Å². The molecule has 4 heteroatoms.